The Morgan fingerprint density at radius 1 is 1.47 bits per heavy atom. The summed E-state index contributed by atoms with van der Waals surface area (Å²) in [7, 11) is 0. The molecule has 0 saturated heterocycles. The number of hydrogen-bond donors (Lipinski definition) is 1. The van der Waals surface area contributed by atoms with Gasteiger partial charge in [-0.2, -0.15) is 0 Å². The predicted octanol–water partition coefficient (Wildman–Crippen LogP) is 2.81. The summed E-state index contributed by atoms with van der Waals surface area (Å²) in [5, 5.41) is 10.5. The zero-order chi connectivity index (χ0) is 12.1. The standard InChI is InChI=1S/C11H9N3OS2/c1-2-10(15)13-8-5-3-4-6-9(8)17-11-14-12-7-16-11/h2-7H,1H2,(H,13,15). The summed E-state index contributed by atoms with van der Waals surface area (Å²) in [6.45, 7) is 3.42. The Hall–Kier alpha value is -1.66. The molecule has 1 aromatic carbocycles. The highest BCUT2D eigenvalue weighted by atomic mass is 32.2. The third kappa shape index (κ3) is 3.15. The topological polar surface area (TPSA) is 54.9 Å². The van der Waals surface area contributed by atoms with Crippen LogP contribution in [-0.2, 0) is 4.79 Å². The first-order valence-corrected chi connectivity index (χ1v) is 6.45. The number of benzene rings is 1. The molecule has 2 rings (SSSR count). The Balaban J connectivity index is 2.21. The SMILES string of the molecule is C=CC(=O)Nc1ccccc1Sc1nncs1. The first kappa shape index (κ1) is 11.8. The summed E-state index contributed by atoms with van der Waals surface area (Å²) in [6, 6.07) is 7.53. The van der Waals surface area contributed by atoms with Crippen LogP contribution in [0.25, 0.3) is 0 Å². The van der Waals surface area contributed by atoms with Gasteiger partial charge < -0.3 is 5.32 Å². The molecule has 0 radical (unpaired) electrons. The summed E-state index contributed by atoms with van der Waals surface area (Å²) in [5.41, 5.74) is 2.42. The highest BCUT2D eigenvalue weighted by Gasteiger charge is 2.07. The number of amides is 1. The maximum absolute atomic E-state index is 11.3. The molecule has 1 heterocycles. The van der Waals surface area contributed by atoms with E-state index in [-0.39, 0.29) is 5.91 Å². The van der Waals surface area contributed by atoms with Gasteiger partial charge in [-0.1, -0.05) is 41.8 Å². The molecule has 0 atom stereocenters. The molecule has 0 bridgehead atoms. The smallest absolute Gasteiger partial charge is 0.247 e. The lowest BCUT2D eigenvalue weighted by Crippen LogP contribution is -2.07. The van der Waals surface area contributed by atoms with Crippen LogP contribution in [0.1, 0.15) is 0 Å². The van der Waals surface area contributed by atoms with Crippen molar-refractivity contribution in [1.29, 1.82) is 0 Å². The van der Waals surface area contributed by atoms with Gasteiger partial charge in [-0.15, -0.1) is 10.2 Å². The molecule has 0 aliphatic rings. The van der Waals surface area contributed by atoms with Crippen molar-refractivity contribution in [2.75, 3.05) is 5.32 Å². The van der Waals surface area contributed by atoms with Crippen LogP contribution in [0, 0.1) is 0 Å². The maximum Gasteiger partial charge on any atom is 0.247 e. The molecule has 0 saturated carbocycles. The van der Waals surface area contributed by atoms with Crippen molar-refractivity contribution < 1.29 is 4.79 Å². The zero-order valence-electron chi connectivity index (χ0n) is 8.79. The summed E-state index contributed by atoms with van der Waals surface area (Å²) in [5.74, 6) is -0.227. The number of rotatable bonds is 4. The van der Waals surface area contributed by atoms with Gasteiger partial charge in [0.15, 0.2) is 4.34 Å². The van der Waals surface area contributed by atoms with Crippen LogP contribution in [0.2, 0.25) is 0 Å². The highest BCUT2D eigenvalue weighted by Crippen LogP contribution is 2.33. The number of anilines is 1. The fourth-order valence-electron chi connectivity index (χ4n) is 1.14. The molecule has 1 amide bonds. The van der Waals surface area contributed by atoms with Gasteiger partial charge in [-0.05, 0) is 18.2 Å². The van der Waals surface area contributed by atoms with Gasteiger partial charge in [0.05, 0.1) is 5.69 Å². The fraction of sp³-hybridized carbons (Fsp3) is 0. The van der Waals surface area contributed by atoms with E-state index >= 15 is 0 Å². The monoisotopic (exact) mass is 263 g/mol. The van der Waals surface area contributed by atoms with E-state index < -0.39 is 0 Å². The van der Waals surface area contributed by atoms with E-state index in [1.807, 2.05) is 24.3 Å². The van der Waals surface area contributed by atoms with Gasteiger partial charge in [0.1, 0.15) is 5.51 Å². The summed E-state index contributed by atoms with van der Waals surface area (Å²) in [4.78, 5) is 12.2. The molecule has 4 nitrogen and oxygen atoms in total. The van der Waals surface area contributed by atoms with Crippen LogP contribution in [0.3, 0.4) is 0 Å². The molecule has 86 valence electrons. The van der Waals surface area contributed by atoms with Crippen molar-refractivity contribution in [1.82, 2.24) is 10.2 Å². The Bertz CT molecular complexity index is 525. The molecule has 0 aliphatic heterocycles. The van der Waals surface area contributed by atoms with E-state index in [9.17, 15) is 4.79 Å². The minimum absolute atomic E-state index is 0.227. The molecule has 0 unspecified atom stereocenters. The quantitative estimate of drug-likeness (QED) is 0.862. The molecule has 1 aromatic heterocycles. The number of carbonyl (C=O) groups is 1. The average molecular weight is 263 g/mol. The highest BCUT2D eigenvalue weighted by molar-refractivity contribution is 8.01. The molecular formula is C11H9N3OS2. The zero-order valence-corrected chi connectivity index (χ0v) is 10.4. The lowest BCUT2D eigenvalue weighted by atomic mass is 10.3. The van der Waals surface area contributed by atoms with Gasteiger partial charge in [0.25, 0.3) is 0 Å². The minimum Gasteiger partial charge on any atom is -0.321 e. The van der Waals surface area contributed by atoms with Crippen molar-refractivity contribution in [3.05, 3.63) is 42.4 Å². The van der Waals surface area contributed by atoms with Crippen LogP contribution in [-0.4, -0.2) is 16.1 Å². The lowest BCUT2D eigenvalue weighted by molar-refractivity contribution is -0.111. The van der Waals surface area contributed by atoms with Crippen molar-refractivity contribution in [3.8, 4) is 0 Å². The number of para-hydroxylation sites is 1. The second-order valence-electron chi connectivity index (χ2n) is 3.00. The summed E-state index contributed by atoms with van der Waals surface area (Å²) >= 11 is 2.93. The lowest BCUT2D eigenvalue weighted by Gasteiger charge is -2.07. The van der Waals surface area contributed by atoms with E-state index in [4.69, 9.17) is 0 Å². The molecule has 0 spiro atoms. The van der Waals surface area contributed by atoms with Crippen molar-refractivity contribution in [2.45, 2.75) is 9.24 Å². The maximum atomic E-state index is 11.3. The van der Waals surface area contributed by atoms with Crippen molar-refractivity contribution >= 4 is 34.7 Å². The largest absolute Gasteiger partial charge is 0.321 e. The second-order valence-corrected chi connectivity index (χ2v) is 5.12. The summed E-state index contributed by atoms with van der Waals surface area (Å²) in [6.07, 6.45) is 1.24. The van der Waals surface area contributed by atoms with Crippen LogP contribution in [0.5, 0.6) is 0 Å². The molecule has 6 heteroatoms. The summed E-state index contributed by atoms with van der Waals surface area (Å²) < 4.78 is 0.838. The van der Waals surface area contributed by atoms with Gasteiger partial charge in [0.2, 0.25) is 5.91 Å². The van der Waals surface area contributed by atoms with Crippen molar-refractivity contribution in [3.63, 3.8) is 0 Å². The second kappa shape index (κ2) is 5.60. The van der Waals surface area contributed by atoms with E-state index in [1.165, 1.54) is 29.2 Å². The molecule has 0 fully saturated rings. The molecule has 0 aliphatic carbocycles. The minimum atomic E-state index is -0.227. The first-order valence-electron chi connectivity index (χ1n) is 4.76. The first-order chi connectivity index (χ1) is 8.29. The van der Waals surface area contributed by atoms with Gasteiger partial charge in [-0.3, -0.25) is 4.79 Å². The van der Waals surface area contributed by atoms with Crippen molar-refractivity contribution in [2.24, 2.45) is 0 Å². The van der Waals surface area contributed by atoms with E-state index in [0.29, 0.717) is 0 Å². The Labute approximate surface area is 107 Å². The Morgan fingerprint density at radius 2 is 2.29 bits per heavy atom. The van der Waals surface area contributed by atoms with Gasteiger partial charge in [-0.25, -0.2) is 0 Å². The van der Waals surface area contributed by atoms with Crippen LogP contribution in [0.15, 0.2) is 51.7 Å². The Kier molecular flexibility index (Phi) is 3.89. The van der Waals surface area contributed by atoms with E-state index in [1.54, 1.807) is 5.51 Å². The number of aromatic nitrogens is 2. The van der Waals surface area contributed by atoms with Gasteiger partial charge >= 0.3 is 0 Å². The van der Waals surface area contributed by atoms with Crippen LogP contribution >= 0.6 is 23.1 Å². The fourth-order valence-corrected chi connectivity index (χ4v) is 2.67. The third-order valence-electron chi connectivity index (χ3n) is 1.87. The van der Waals surface area contributed by atoms with Gasteiger partial charge in [0, 0.05) is 4.90 Å². The number of nitrogens with one attached hydrogen (secondary N) is 1. The Morgan fingerprint density at radius 3 is 3.00 bits per heavy atom. The molecule has 2 aromatic rings. The molecular weight excluding hydrogens is 254 g/mol. The van der Waals surface area contributed by atoms with Crippen LogP contribution < -0.4 is 5.32 Å². The number of carbonyl (C=O) groups excluding carboxylic acids is 1. The third-order valence-corrected chi connectivity index (χ3v) is 3.72. The van der Waals surface area contributed by atoms with E-state index in [2.05, 4.69) is 22.1 Å². The normalized spacial score (nSPS) is 9.88. The molecule has 1 N–H and O–H groups in total. The number of nitrogens with zero attached hydrogens (tertiary/aromatic N) is 2. The average Bonchev–Trinajstić information content (AvgIpc) is 2.84. The predicted molar refractivity (Wildman–Crippen MR) is 69.3 cm³/mol. The van der Waals surface area contributed by atoms with Crippen LogP contribution in [0.4, 0.5) is 5.69 Å². The van der Waals surface area contributed by atoms with E-state index in [0.717, 1.165) is 14.9 Å². The molecule has 17 heavy (non-hydrogen) atoms. The number of hydrogen-bond acceptors (Lipinski definition) is 5.